The summed E-state index contributed by atoms with van der Waals surface area (Å²) < 4.78 is 0. The van der Waals surface area contributed by atoms with Crippen LogP contribution in [0.3, 0.4) is 0 Å². The van der Waals surface area contributed by atoms with Crippen molar-refractivity contribution in [1.29, 1.82) is 0 Å². The highest BCUT2D eigenvalue weighted by Gasteiger charge is 2.25. The zero-order valence-electron chi connectivity index (χ0n) is 13.2. The highest BCUT2D eigenvalue weighted by atomic mass is 16.2. The summed E-state index contributed by atoms with van der Waals surface area (Å²) in [5.74, 6) is 1.15. The number of likely N-dealkylation sites (tertiary alicyclic amines) is 1. The average Bonchev–Trinajstić information content (AvgIpc) is 3.22. The summed E-state index contributed by atoms with van der Waals surface area (Å²) in [5.41, 5.74) is 0. The zero-order valence-corrected chi connectivity index (χ0v) is 13.2. The molecule has 0 aromatic carbocycles. The van der Waals surface area contributed by atoms with Crippen LogP contribution in [0.15, 0.2) is 0 Å². The molecular weight excluding hydrogens is 250 g/mol. The number of nitrogens with one attached hydrogen (secondary N) is 2. The van der Waals surface area contributed by atoms with E-state index in [0.717, 1.165) is 31.8 Å². The molecule has 1 unspecified atom stereocenters. The molecule has 1 saturated heterocycles. The number of piperidine rings is 1. The first-order valence-electron chi connectivity index (χ1n) is 8.42. The molecular formula is C16H31N3O. The third kappa shape index (κ3) is 5.80. The first-order chi connectivity index (χ1) is 9.67. The maximum Gasteiger partial charge on any atom is 0.234 e. The van der Waals surface area contributed by atoms with E-state index >= 15 is 0 Å². The molecule has 1 aliphatic heterocycles. The molecule has 4 nitrogen and oxygen atoms in total. The predicted octanol–water partition coefficient (Wildman–Crippen LogP) is 1.76. The van der Waals surface area contributed by atoms with Crippen LogP contribution in [0.5, 0.6) is 0 Å². The minimum Gasteiger partial charge on any atom is -0.353 e. The van der Waals surface area contributed by atoms with Crippen LogP contribution in [-0.2, 0) is 4.79 Å². The minimum absolute atomic E-state index is 0.190. The quantitative estimate of drug-likeness (QED) is 0.712. The summed E-state index contributed by atoms with van der Waals surface area (Å²) in [6.45, 7) is 8.14. The van der Waals surface area contributed by atoms with Crippen molar-refractivity contribution in [1.82, 2.24) is 15.5 Å². The van der Waals surface area contributed by atoms with Crippen molar-refractivity contribution in [3.05, 3.63) is 0 Å². The molecule has 1 aliphatic carbocycles. The zero-order chi connectivity index (χ0) is 14.4. The van der Waals surface area contributed by atoms with Gasteiger partial charge in [0.25, 0.3) is 0 Å². The highest BCUT2D eigenvalue weighted by molar-refractivity contribution is 5.78. The maximum atomic E-state index is 11.9. The second-order valence-corrected chi connectivity index (χ2v) is 6.66. The van der Waals surface area contributed by atoms with Gasteiger partial charge >= 0.3 is 0 Å². The number of rotatable bonds is 8. The molecule has 20 heavy (non-hydrogen) atoms. The van der Waals surface area contributed by atoms with Gasteiger partial charge in [-0.05, 0) is 51.5 Å². The summed E-state index contributed by atoms with van der Waals surface area (Å²) in [5, 5.41) is 6.77. The molecule has 0 aromatic rings. The number of hydrogen-bond donors (Lipinski definition) is 2. The van der Waals surface area contributed by atoms with Crippen molar-refractivity contribution >= 4 is 5.91 Å². The topological polar surface area (TPSA) is 44.4 Å². The van der Waals surface area contributed by atoms with E-state index in [1.54, 1.807) is 0 Å². The molecule has 2 fully saturated rings. The molecule has 1 atom stereocenters. The Labute approximate surface area is 123 Å². The third-order valence-corrected chi connectivity index (χ3v) is 4.48. The summed E-state index contributed by atoms with van der Waals surface area (Å²) in [7, 11) is 0. The van der Waals surface area contributed by atoms with Crippen molar-refractivity contribution in [3.63, 3.8) is 0 Å². The largest absolute Gasteiger partial charge is 0.353 e. The molecule has 2 N–H and O–H groups in total. The second-order valence-electron chi connectivity index (χ2n) is 6.66. The SMILES string of the molecule is CCCC(C)NC(=O)CN1CCC(NCC2CC2)CC1. The second kappa shape index (κ2) is 7.99. The molecule has 2 rings (SSSR count). The van der Waals surface area contributed by atoms with Crippen LogP contribution in [0, 0.1) is 5.92 Å². The number of carbonyl (C=O) groups excluding carboxylic acids is 1. The number of carbonyl (C=O) groups is 1. The van der Waals surface area contributed by atoms with Crippen LogP contribution < -0.4 is 10.6 Å². The normalized spacial score (nSPS) is 22.7. The Kier molecular flexibility index (Phi) is 6.30. The minimum atomic E-state index is 0.190. The summed E-state index contributed by atoms with van der Waals surface area (Å²) in [6.07, 6.45) is 7.40. The van der Waals surface area contributed by atoms with Crippen molar-refractivity contribution in [2.45, 2.75) is 64.5 Å². The molecule has 4 heteroatoms. The molecule has 0 radical (unpaired) electrons. The van der Waals surface area contributed by atoms with Crippen molar-refractivity contribution in [2.75, 3.05) is 26.2 Å². The first-order valence-corrected chi connectivity index (χ1v) is 8.42. The van der Waals surface area contributed by atoms with Gasteiger partial charge in [-0.15, -0.1) is 0 Å². The molecule has 116 valence electrons. The number of hydrogen-bond acceptors (Lipinski definition) is 3. The smallest absolute Gasteiger partial charge is 0.234 e. The van der Waals surface area contributed by atoms with Crippen LogP contribution in [0.4, 0.5) is 0 Å². The molecule has 0 bridgehead atoms. The monoisotopic (exact) mass is 281 g/mol. The predicted molar refractivity (Wildman–Crippen MR) is 82.7 cm³/mol. The van der Waals surface area contributed by atoms with Gasteiger partial charge in [-0.25, -0.2) is 0 Å². The van der Waals surface area contributed by atoms with E-state index in [9.17, 15) is 4.79 Å². The fourth-order valence-corrected chi connectivity index (χ4v) is 2.98. The van der Waals surface area contributed by atoms with Crippen molar-refractivity contribution < 1.29 is 4.79 Å². The molecule has 1 saturated carbocycles. The fraction of sp³-hybridized carbons (Fsp3) is 0.938. The Hall–Kier alpha value is -0.610. The average molecular weight is 281 g/mol. The number of amides is 1. The van der Waals surface area contributed by atoms with Crippen molar-refractivity contribution in [3.8, 4) is 0 Å². The van der Waals surface area contributed by atoms with Crippen LogP contribution >= 0.6 is 0 Å². The van der Waals surface area contributed by atoms with Gasteiger partial charge in [0, 0.05) is 25.2 Å². The molecule has 2 aliphatic rings. The Balaban J connectivity index is 1.57. The van der Waals surface area contributed by atoms with Gasteiger partial charge in [0.05, 0.1) is 6.54 Å². The maximum absolute atomic E-state index is 11.9. The van der Waals surface area contributed by atoms with E-state index in [4.69, 9.17) is 0 Å². The summed E-state index contributed by atoms with van der Waals surface area (Å²) in [4.78, 5) is 14.2. The standard InChI is InChI=1S/C16H31N3O/c1-3-4-13(2)18-16(20)12-19-9-7-15(8-10-19)17-11-14-5-6-14/h13-15,17H,3-12H2,1-2H3,(H,18,20). The van der Waals surface area contributed by atoms with E-state index in [-0.39, 0.29) is 5.91 Å². The van der Waals surface area contributed by atoms with Crippen molar-refractivity contribution in [2.24, 2.45) is 5.92 Å². The van der Waals surface area contributed by atoms with Gasteiger partial charge < -0.3 is 10.6 Å². The van der Waals surface area contributed by atoms with Crippen LogP contribution in [0.1, 0.15) is 52.4 Å². The van der Waals surface area contributed by atoms with E-state index in [1.165, 1.54) is 32.2 Å². The summed E-state index contributed by atoms with van der Waals surface area (Å²) in [6, 6.07) is 0.985. The molecule has 0 spiro atoms. The lowest BCUT2D eigenvalue weighted by atomic mass is 10.0. The molecule has 1 amide bonds. The van der Waals surface area contributed by atoms with Crippen LogP contribution in [-0.4, -0.2) is 49.1 Å². The first kappa shape index (κ1) is 15.8. The van der Waals surface area contributed by atoms with E-state index in [1.807, 2.05) is 0 Å². The lowest BCUT2D eigenvalue weighted by molar-refractivity contribution is -0.123. The highest BCUT2D eigenvalue weighted by Crippen LogP contribution is 2.28. The third-order valence-electron chi connectivity index (χ3n) is 4.48. The van der Waals surface area contributed by atoms with E-state index < -0.39 is 0 Å². The van der Waals surface area contributed by atoms with Gasteiger partial charge in [0.15, 0.2) is 0 Å². The van der Waals surface area contributed by atoms with Crippen LogP contribution in [0.2, 0.25) is 0 Å². The Morgan fingerprint density at radius 3 is 2.55 bits per heavy atom. The van der Waals surface area contributed by atoms with E-state index in [0.29, 0.717) is 18.6 Å². The Bertz CT molecular complexity index is 296. The van der Waals surface area contributed by atoms with Gasteiger partial charge in [0.1, 0.15) is 0 Å². The fourth-order valence-electron chi connectivity index (χ4n) is 2.98. The Morgan fingerprint density at radius 1 is 1.25 bits per heavy atom. The lowest BCUT2D eigenvalue weighted by Crippen LogP contribution is -2.47. The van der Waals surface area contributed by atoms with Crippen LogP contribution in [0.25, 0.3) is 0 Å². The van der Waals surface area contributed by atoms with Gasteiger partial charge in [-0.3, -0.25) is 9.69 Å². The summed E-state index contributed by atoms with van der Waals surface area (Å²) >= 11 is 0. The molecule has 0 aromatic heterocycles. The van der Waals surface area contributed by atoms with Gasteiger partial charge in [-0.1, -0.05) is 13.3 Å². The van der Waals surface area contributed by atoms with Gasteiger partial charge in [-0.2, -0.15) is 0 Å². The van der Waals surface area contributed by atoms with E-state index in [2.05, 4.69) is 29.4 Å². The number of nitrogens with zero attached hydrogens (tertiary/aromatic N) is 1. The van der Waals surface area contributed by atoms with Gasteiger partial charge in [0.2, 0.25) is 5.91 Å². The molecule has 1 heterocycles. The Morgan fingerprint density at radius 2 is 1.95 bits per heavy atom. The lowest BCUT2D eigenvalue weighted by Gasteiger charge is -2.32.